The minimum absolute atomic E-state index is 0.314. The quantitative estimate of drug-likeness (QED) is 0.786. The summed E-state index contributed by atoms with van der Waals surface area (Å²) in [6.07, 6.45) is 0. The molecule has 0 aliphatic heterocycles. The van der Waals surface area contributed by atoms with Crippen molar-refractivity contribution in [1.82, 2.24) is 9.62 Å². The van der Waals surface area contributed by atoms with Crippen LogP contribution in [-0.2, 0) is 16.6 Å². The third-order valence-corrected chi connectivity index (χ3v) is 4.66. The zero-order chi connectivity index (χ0) is 15.3. The fraction of sp³-hybridized carbons (Fsp3) is 0.467. The number of sulfonamides is 1. The molecule has 0 aromatic heterocycles. The number of hydrogen-bond acceptors (Lipinski definition) is 3. The molecule has 1 aromatic rings. The second-order valence-corrected chi connectivity index (χ2v) is 7.44. The van der Waals surface area contributed by atoms with Crippen LogP contribution in [0.4, 0.5) is 0 Å². The maximum Gasteiger partial charge on any atom is 0.243 e. The van der Waals surface area contributed by atoms with Crippen LogP contribution >= 0.6 is 0 Å². The van der Waals surface area contributed by atoms with Crippen molar-refractivity contribution in [1.29, 1.82) is 0 Å². The molecule has 0 atom stereocenters. The van der Waals surface area contributed by atoms with Crippen molar-refractivity contribution < 1.29 is 8.42 Å². The summed E-state index contributed by atoms with van der Waals surface area (Å²) >= 11 is 0. The normalized spacial score (nSPS) is 12.1. The van der Waals surface area contributed by atoms with Gasteiger partial charge in [0.1, 0.15) is 0 Å². The van der Waals surface area contributed by atoms with Gasteiger partial charge in [-0.2, -0.15) is 4.31 Å². The average Bonchev–Trinajstić information content (AvgIpc) is 2.36. The highest BCUT2D eigenvalue weighted by Crippen LogP contribution is 2.16. The molecule has 4 nitrogen and oxygen atoms in total. The number of nitrogens with one attached hydrogen (secondary N) is 1. The second kappa shape index (κ2) is 7.02. The van der Waals surface area contributed by atoms with E-state index < -0.39 is 10.0 Å². The summed E-state index contributed by atoms with van der Waals surface area (Å²) in [6.45, 7) is 10.8. The molecule has 0 unspecified atom stereocenters. The number of rotatable bonds is 7. The van der Waals surface area contributed by atoms with Crippen molar-refractivity contribution in [3.05, 3.63) is 42.0 Å². The van der Waals surface area contributed by atoms with Crippen LogP contribution in [0.3, 0.4) is 0 Å². The van der Waals surface area contributed by atoms with Crippen LogP contribution in [0.5, 0.6) is 0 Å². The smallest absolute Gasteiger partial charge is 0.243 e. The molecule has 0 fully saturated rings. The lowest BCUT2D eigenvalue weighted by atomic mass is 10.2. The Hall–Kier alpha value is -1.17. The molecule has 1 aromatic carbocycles. The first-order valence-electron chi connectivity index (χ1n) is 6.66. The molecule has 1 N–H and O–H groups in total. The maximum absolute atomic E-state index is 12.3. The van der Waals surface area contributed by atoms with Crippen LogP contribution in [0.1, 0.15) is 26.3 Å². The highest BCUT2D eigenvalue weighted by Gasteiger charge is 2.20. The lowest BCUT2D eigenvalue weighted by Gasteiger charge is -2.17. The lowest BCUT2D eigenvalue weighted by Crippen LogP contribution is -2.28. The Bertz CT molecular complexity index is 548. The zero-order valence-electron chi connectivity index (χ0n) is 12.7. The fourth-order valence-electron chi connectivity index (χ4n) is 1.75. The van der Waals surface area contributed by atoms with Gasteiger partial charge in [0.25, 0.3) is 0 Å². The summed E-state index contributed by atoms with van der Waals surface area (Å²) in [5, 5.41) is 3.30. The van der Waals surface area contributed by atoms with E-state index in [0.717, 1.165) is 17.7 Å². The van der Waals surface area contributed by atoms with Gasteiger partial charge in [-0.15, -0.1) is 0 Å². The number of benzene rings is 1. The Balaban J connectivity index is 2.84. The Morgan fingerprint density at radius 3 is 2.30 bits per heavy atom. The highest BCUT2D eigenvalue weighted by atomic mass is 32.2. The van der Waals surface area contributed by atoms with E-state index in [1.165, 1.54) is 4.31 Å². The van der Waals surface area contributed by atoms with Crippen LogP contribution in [-0.4, -0.2) is 32.4 Å². The van der Waals surface area contributed by atoms with Crippen LogP contribution in [0.2, 0.25) is 0 Å². The largest absolute Gasteiger partial charge is 0.310 e. The van der Waals surface area contributed by atoms with E-state index in [1.54, 1.807) is 19.2 Å². The zero-order valence-corrected chi connectivity index (χ0v) is 13.5. The Kier molecular flexibility index (Phi) is 5.92. The van der Waals surface area contributed by atoms with Gasteiger partial charge in [0.2, 0.25) is 10.0 Å². The lowest BCUT2D eigenvalue weighted by molar-refractivity contribution is 0.493. The fourth-order valence-corrected chi connectivity index (χ4v) is 2.98. The van der Waals surface area contributed by atoms with Gasteiger partial charge in [0, 0.05) is 26.2 Å². The van der Waals surface area contributed by atoms with E-state index in [1.807, 2.05) is 19.1 Å². The third-order valence-electron chi connectivity index (χ3n) is 2.84. The van der Waals surface area contributed by atoms with E-state index in [2.05, 4.69) is 25.7 Å². The second-order valence-electron chi connectivity index (χ2n) is 5.40. The Labute approximate surface area is 122 Å². The number of nitrogens with zero attached hydrogens (tertiary/aromatic N) is 1. The van der Waals surface area contributed by atoms with Crippen molar-refractivity contribution in [2.75, 3.05) is 13.6 Å². The first-order chi connectivity index (χ1) is 9.23. The molecule has 5 heteroatoms. The Morgan fingerprint density at radius 1 is 1.30 bits per heavy atom. The van der Waals surface area contributed by atoms with Crippen LogP contribution in [0.15, 0.2) is 41.3 Å². The molecule has 0 spiro atoms. The molecule has 0 saturated carbocycles. The molecule has 0 aliphatic rings. The van der Waals surface area contributed by atoms with Crippen molar-refractivity contribution >= 4 is 10.0 Å². The van der Waals surface area contributed by atoms with Crippen molar-refractivity contribution in [2.45, 2.75) is 38.3 Å². The molecule has 112 valence electrons. The van der Waals surface area contributed by atoms with Crippen molar-refractivity contribution in [3.8, 4) is 0 Å². The van der Waals surface area contributed by atoms with E-state index in [9.17, 15) is 8.42 Å². The van der Waals surface area contributed by atoms with Crippen molar-refractivity contribution in [3.63, 3.8) is 0 Å². The molecule has 20 heavy (non-hydrogen) atoms. The average molecular weight is 296 g/mol. The summed E-state index contributed by atoms with van der Waals surface area (Å²) in [5.41, 5.74) is 1.88. The van der Waals surface area contributed by atoms with Gasteiger partial charge in [-0.3, -0.25) is 0 Å². The van der Waals surface area contributed by atoms with Gasteiger partial charge in [-0.05, 0) is 24.6 Å². The molecular formula is C15H24N2O2S. The summed E-state index contributed by atoms with van der Waals surface area (Å²) in [6, 6.07) is 7.40. The predicted molar refractivity (Wildman–Crippen MR) is 83.0 cm³/mol. The SMILES string of the molecule is C=C(C)CN(C)S(=O)(=O)c1ccc(CNC(C)C)cc1. The molecule has 0 heterocycles. The highest BCUT2D eigenvalue weighted by molar-refractivity contribution is 7.89. The van der Waals surface area contributed by atoms with E-state index in [0.29, 0.717) is 17.5 Å². The molecule has 0 amide bonds. The van der Waals surface area contributed by atoms with Gasteiger partial charge in [0.05, 0.1) is 4.90 Å². The summed E-state index contributed by atoms with van der Waals surface area (Å²) in [7, 11) is -1.86. The van der Waals surface area contributed by atoms with E-state index in [-0.39, 0.29) is 0 Å². The van der Waals surface area contributed by atoms with Crippen LogP contribution in [0, 0.1) is 0 Å². The molecule has 1 rings (SSSR count). The molecule has 0 bridgehead atoms. The first kappa shape index (κ1) is 16.9. The van der Waals surface area contributed by atoms with E-state index in [4.69, 9.17) is 0 Å². The summed E-state index contributed by atoms with van der Waals surface area (Å²) < 4.78 is 25.9. The monoisotopic (exact) mass is 296 g/mol. The molecule has 0 radical (unpaired) electrons. The van der Waals surface area contributed by atoms with Gasteiger partial charge < -0.3 is 5.32 Å². The molecular weight excluding hydrogens is 272 g/mol. The topological polar surface area (TPSA) is 49.4 Å². The number of likely N-dealkylation sites (N-methyl/N-ethyl adjacent to an activating group) is 1. The van der Waals surface area contributed by atoms with Gasteiger partial charge in [-0.25, -0.2) is 8.42 Å². The van der Waals surface area contributed by atoms with Crippen LogP contribution < -0.4 is 5.32 Å². The standard InChI is InChI=1S/C15H24N2O2S/c1-12(2)11-17(5)20(18,19)15-8-6-14(7-9-15)10-16-13(3)4/h6-9,13,16H,1,10-11H2,2-5H3. The minimum Gasteiger partial charge on any atom is -0.310 e. The number of hydrogen-bond donors (Lipinski definition) is 1. The summed E-state index contributed by atoms with van der Waals surface area (Å²) in [5.74, 6) is 0. The van der Waals surface area contributed by atoms with Gasteiger partial charge in [-0.1, -0.05) is 38.1 Å². The van der Waals surface area contributed by atoms with Gasteiger partial charge >= 0.3 is 0 Å². The minimum atomic E-state index is -3.43. The first-order valence-corrected chi connectivity index (χ1v) is 8.10. The summed E-state index contributed by atoms with van der Waals surface area (Å²) in [4.78, 5) is 0.314. The predicted octanol–water partition coefficient (Wildman–Crippen LogP) is 2.38. The third kappa shape index (κ3) is 4.74. The molecule has 0 saturated heterocycles. The van der Waals surface area contributed by atoms with Gasteiger partial charge in [0.15, 0.2) is 0 Å². The maximum atomic E-state index is 12.3. The van der Waals surface area contributed by atoms with E-state index >= 15 is 0 Å². The molecule has 0 aliphatic carbocycles. The van der Waals surface area contributed by atoms with Crippen molar-refractivity contribution in [2.24, 2.45) is 0 Å². The Morgan fingerprint density at radius 2 is 1.85 bits per heavy atom. The van der Waals surface area contributed by atoms with Crippen LogP contribution in [0.25, 0.3) is 0 Å².